The average Bonchev–Trinajstić information content (AvgIpc) is 2.79. The van der Waals surface area contributed by atoms with Gasteiger partial charge in [0, 0.05) is 38.3 Å². The number of carbonyl (C=O) groups is 1. The van der Waals surface area contributed by atoms with Crippen molar-refractivity contribution in [1.82, 2.24) is 4.98 Å². The summed E-state index contributed by atoms with van der Waals surface area (Å²) in [6.45, 7) is 2.60. The van der Waals surface area contributed by atoms with Crippen LogP contribution in [0.1, 0.15) is 37.7 Å². The van der Waals surface area contributed by atoms with Crippen molar-refractivity contribution in [3.05, 3.63) is 46.9 Å². The van der Waals surface area contributed by atoms with E-state index in [1.54, 1.807) is 11.0 Å². The molecule has 1 aromatic heterocycles. The molecule has 0 atom stereocenters. The molecule has 0 bridgehead atoms. The number of aromatic nitrogens is 1. The molecule has 178 valence electrons. The fourth-order valence-corrected chi connectivity index (χ4v) is 4.71. The Hall–Kier alpha value is -2.55. The predicted molar refractivity (Wildman–Crippen MR) is 120 cm³/mol. The molecule has 2 aromatic rings. The Kier molecular flexibility index (Phi) is 6.97. The Morgan fingerprint density at radius 2 is 1.73 bits per heavy atom. The van der Waals surface area contributed by atoms with E-state index in [2.05, 4.69) is 15.2 Å². The lowest BCUT2D eigenvalue weighted by molar-refractivity contribution is -0.137. The van der Waals surface area contributed by atoms with E-state index in [0.717, 1.165) is 50.3 Å². The topological polar surface area (TPSA) is 48.5 Å². The number of anilines is 3. The fraction of sp³-hybridized carbons (Fsp3) is 0.478. The Morgan fingerprint density at radius 1 is 1.03 bits per heavy atom. The number of rotatable bonds is 4. The van der Waals surface area contributed by atoms with Crippen LogP contribution in [0.15, 0.2) is 30.5 Å². The van der Waals surface area contributed by atoms with E-state index in [0.29, 0.717) is 31.6 Å². The second kappa shape index (κ2) is 9.75. The van der Waals surface area contributed by atoms with Crippen LogP contribution in [0.3, 0.4) is 0 Å². The van der Waals surface area contributed by atoms with E-state index in [1.165, 1.54) is 12.1 Å². The number of piperidine rings is 2. The largest absolute Gasteiger partial charge is 0.417 e. The van der Waals surface area contributed by atoms with Gasteiger partial charge < -0.3 is 15.1 Å². The van der Waals surface area contributed by atoms with Crippen molar-refractivity contribution < 1.29 is 22.4 Å². The van der Waals surface area contributed by atoms with Gasteiger partial charge in [-0.2, -0.15) is 13.2 Å². The van der Waals surface area contributed by atoms with Gasteiger partial charge in [-0.25, -0.2) is 9.37 Å². The van der Waals surface area contributed by atoms with Crippen LogP contribution in [0.2, 0.25) is 5.02 Å². The van der Waals surface area contributed by atoms with Crippen LogP contribution in [0.4, 0.5) is 34.8 Å². The molecule has 2 aliphatic rings. The maximum Gasteiger partial charge on any atom is 0.417 e. The van der Waals surface area contributed by atoms with Crippen LogP contribution < -0.4 is 15.1 Å². The maximum absolute atomic E-state index is 13.9. The highest BCUT2D eigenvalue weighted by molar-refractivity contribution is 6.33. The molecule has 0 aliphatic carbocycles. The summed E-state index contributed by atoms with van der Waals surface area (Å²) in [5, 5.41) is 2.83. The molecular formula is C23H25ClF4N4O. The monoisotopic (exact) mass is 484 g/mol. The number of nitrogens with zero attached hydrogens (tertiary/aromatic N) is 3. The van der Waals surface area contributed by atoms with E-state index in [4.69, 9.17) is 11.6 Å². The van der Waals surface area contributed by atoms with Gasteiger partial charge in [0.15, 0.2) is 0 Å². The van der Waals surface area contributed by atoms with E-state index in [1.807, 2.05) is 0 Å². The first-order valence-electron chi connectivity index (χ1n) is 11.1. The summed E-state index contributed by atoms with van der Waals surface area (Å²) in [4.78, 5) is 20.8. The molecule has 2 saturated heterocycles. The highest BCUT2D eigenvalue weighted by atomic mass is 35.5. The Bertz CT molecular complexity index is 1000. The molecule has 5 nitrogen and oxygen atoms in total. The van der Waals surface area contributed by atoms with E-state index in [-0.39, 0.29) is 22.7 Å². The van der Waals surface area contributed by atoms with Crippen LogP contribution in [-0.2, 0) is 11.0 Å². The van der Waals surface area contributed by atoms with E-state index in [9.17, 15) is 22.4 Å². The molecule has 1 aromatic carbocycles. The lowest BCUT2D eigenvalue weighted by Gasteiger charge is -2.33. The minimum Gasteiger partial charge on any atom is -0.370 e. The van der Waals surface area contributed by atoms with Crippen LogP contribution in [0.25, 0.3) is 0 Å². The number of alkyl halides is 3. The van der Waals surface area contributed by atoms with E-state index < -0.39 is 17.6 Å². The molecule has 3 heterocycles. The summed E-state index contributed by atoms with van der Waals surface area (Å²) in [6, 6.07) is 5.33. The standard InChI is InChI=1S/C23H25ClF4N4O/c24-18-12-16(23(26,27)28)14-29-21(18)32-10-6-15(7-11-32)22(33)30-19-13-17(25)4-5-20(19)31-8-2-1-3-9-31/h4-5,12-15H,1-3,6-11H2,(H,30,33). The van der Waals surface area contributed by atoms with Gasteiger partial charge in [0.25, 0.3) is 0 Å². The van der Waals surface area contributed by atoms with Gasteiger partial charge in [-0.3, -0.25) is 4.79 Å². The molecule has 0 saturated carbocycles. The van der Waals surface area contributed by atoms with Crippen molar-refractivity contribution in [3.8, 4) is 0 Å². The third-order valence-corrected chi connectivity index (χ3v) is 6.51. The molecule has 10 heteroatoms. The molecule has 2 fully saturated rings. The summed E-state index contributed by atoms with van der Waals surface area (Å²) in [6.07, 6.45) is 0.512. The van der Waals surface area contributed by atoms with Crippen LogP contribution >= 0.6 is 11.6 Å². The highest BCUT2D eigenvalue weighted by Gasteiger charge is 2.33. The van der Waals surface area contributed by atoms with Gasteiger partial charge in [-0.05, 0) is 56.4 Å². The van der Waals surface area contributed by atoms with Crippen LogP contribution in [0, 0.1) is 11.7 Å². The van der Waals surface area contributed by atoms with Gasteiger partial charge in [-0.1, -0.05) is 11.6 Å². The number of nitrogens with one attached hydrogen (secondary N) is 1. The van der Waals surface area contributed by atoms with Crippen molar-refractivity contribution in [1.29, 1.82) is 0 Å². The second-order valence-corrected chi connectivity index (χ2v) is 8.89. The quantitative estimate of drug-likeness (QED) is 0.562. The molecule has 0 unspecified atom stereocenters. The minimum absolute atomic E-state index is 0.0707. The maximum atomic E-state index is 13.9. The van der Waals surface area contributed by atoms with Crippen molar-refractivity contribution >= 4 is 34.7 Å². The normalized spacial score (nSPS) is 17.8. The lowest BCUT2D eigenvalue weighted by atomic mass is 9.95. The van der Waals surface area contributed by atoms with Crippen LogP contribution in [0.5, 0.6) is 0 Å². The Morgan fingerprint density at radius 3 is 2.36 bits per heavy atom. The summed E-state index contributed by atoms with van der Waals surface area (Å²) in [5.74, 6) is -0.623. The zero-order valence-corrected chi connectivity index (χ0v) is 18.7. The summed E-state index contributed by atoms with van der Waals surface area (Å²) in [7, 11) is 0. The number of hydrogen-bond acceptors (Lipinski definition) is 4. The first-order chi connectivity index (χ1) is 15.7. The predicted octanol–water partition coefficient (Wildman–Crippen LogP) is 5.74. The molecular weight excluding hydrogens is 460 g/mol. The van der Waals surface area contributed by atoms with Crippen molar-refractivity contribution in [2.24, 2.45) is 5.92 Å². The number of halogens is 5. The van der Waals surface area contributed by atoms with Crippen molar-refractivity contribution in [2.75, 3.05) is 41.3 Å². The number of amides is 1. The van der Waals surface area contributed by atoms with Gasteiger partial charge in [0.2, 0.25) is 5.91 Å². The molecule has 1 N–H and O–H groups in total. The van der Waals surface area contributed by atoms with Gasteiger partial charge in [0.1, 0.15) is 11.6 Å². The molecule has 0 spiro atoms. The Balaban J connectivity index is 1.40. The summed E-state index contributed by atoms with van der Waals surface area (Å²) < 4.78 is 52.5. The van der Waals surface area contributed by atoms with Gasteiger partial charge >= 0.3 is 6.18 Å². The Labute approximate surface area is 194 Å². The molecule has 2 aliphatic heterocycles. The molecule has 33 heavy (non-hydrogen) atoms. The smallest absolute Gasteiger partial charge is 0.370 e. The minimum atomic E-state index is -4.51. The van der Waals surface area contributed by atoms with Crippen LogP contribution in [-0.4, -0.2) is 37.1 Å². The number of hydrogen-bond donors (Lipinski definition) is 1. The number of pyridine rings is 1. The van der Waals surface area contributed by atoms with Crippen molar-refractivity contribution in [2.45, 2.75) is 38.3 Å². The third kappa shape index (κ3) is 5.51. The summed E-state index contributed by atoms with van der Waals surface area (Å²) >= 11 is 6.06. The average molecular weight is 485 g/mol. The second-order valence-electron chi connectivity index (χ2n) is 8.49. The number of carbonyl (C=O) groups excluding carboxylic acids is 1. The molecule has 0 radical (unpaired) electrons. The fourth-order valence-electron chi connectivity index (χ4n) is 4.43. The first kappa shape index (κ1) is 23.6. The highest BCUT2D eigenvalue weighted by Crippen LogP contribution is 2.35. The molecule has 1 amide bonds. The molecule has 4 rings (SSSR count). The zero-order chi connectivity index (χ0) is 23.6. The van der Waals surface area contributed by atoms with Gasteiger partial charge in [0.05, 0.1) is 22.0 Å². The van der Waals surface area contributed by atoms with Gasteiger partial charge in [-0.15, -0.1) is 0 Å². The lowest BCUT2D eigenvalue weighted by Crippen LogP contribution is -2.39. The summed E-state index contributed by atoms with van der Waals surface area (Å²) in [5.41, 5.74) is 0.393. The van der Waals surface area contributed by atoms with E-state index >= 15 is 0 Å². The third-order valence-electron chi connectivity index (χ3n) is 6.23. The first-order valence-corrected chi connectivity index (χ1v) is 11.4. The zero-order valence-electron chi connectivity index (χ0n) is 18.0. The van der Waals surface area contributed by atoms with Crippen molar-refractivity contribution in [3.63, 3.8) is 0 Å². The number of benzene rings is 1. The SMILES string of the molecule is O=C(Nc1cc(F)ccc1N1CCCCC1)C1CCN(c2ncc(C(F)(F)F)cc2Cl)CC1.